The fraction of sp³-hybridized carbons (Fsp3) is 0.448. The van der Waals surface area contributed by atoms with E-state index in [9.17, 15) is 9.59 Å². The Bertz CT molecular complexity index is 1110. The average molecular weight is 507 g/mol. The summed E-state index contributed by atoms with van der Waals surface area (Å²) in [6.07, 6.45) is 0. The van der Waals surface area contributed by atoms with Crippen LogP contribution in [-0.2, 0) is 18.9 Å². The number of ether oxygens (including phenoxy) is 4. The van der Waals surface area contributed by atoms with Crippen molar-refractivity contribution >= 4 is 23.7 Å². The normalized spacial score (nSPS) is 21.8. The molecule has 2 aromatic rings. The third-order valence-electron chi connectivity index (χ3n) is 6.70. The van der Waals surface area contributed by atoms with E-state index < -0.39 is 40.6 Å². The van der Waals surface area contributed by atoms with Crippen LogP contribution in [0.1, 0.15) is 62.3 Å². The minimum absolute atomic E-state index is 0.0806. The first-order chi connectivity index (χ1) is 17.4. The van der Waals surface area contributed by atoms with Crippen LogP contribution in [0.5, 0.6) is 0 Å². The number of hydrogen-bond donors (Lipinski definition) is 0. The van der Waals surface area contributed by atoms with Crippen molar-refractivity contribution in [3.05, 3.63) is 71.8 Å². The van der Waals surface area contributed by atoms with Gasteiger partial charge in [0.1, 0.15) is 41.9 Å². The van der Waals surface area contributed by atoms with Crippen molar-refractivity contribution in [1.82, 2.24) is 0 Å². The van der Waals surface area contributed by atoms with E-state index >= 15 is 0 Å². The topological polar surface area (TPSA) is 95.8 Å². The number of rotatable bonds is 8. The molecule has 2 heterocycles. The van der Waals surface area contributed by atoms with E-state index in [1.54, 1.807) is 48.5 Å². The molecule has 0 aromatic heterocycles. The summed E-state index contributed by atoms with van der Waals surface area (Å²) >= 11 is 0. The number of benzene rings is 2. The molecule has 2 atom stereocenters. The molecule has 0 saturated carbocycles. The van der Waals surface area contributed by atoms with Gasteiger partial charge in [0.15, 0.2) is 11.8 Å². The molecule has 0 amide bonds. The first kappa shape index (κ1) is 26.4. The van der Waals surface area contributed by atoms with Gasteiger partial charge in [0.05, 0.1) is 11.1 Å². The van der Waals surface area contributed by atoms with Crippen LogP contribution in [0.2, 0.25) is 0 Å². The van der Waals surface area contributed by atoms with Gasteiger partial charge in [0, 0.05) is 0 Å². The third-order valence-corrected chi connectivity index (χ3v) is 6.70. The zero-order chi connectivity index (χ0) is 26.8. The Labute approximate surface area is 217 Å². The Balaban J connectivity index is 1.44. The standard InChI is InChI=1S/C29H34N2O6/c1-27(2,25-30-21(28(3,4)36-25)17-34-23(32)19-13-9-7-10-14-19)26-31-22(29(5,6)37-26)18-35-24(33)20-15-11-8-12-16-20/h7-16,21-22H,17-18H2,1-6H3/t21-,22-/m1/s1. The molecule has 0 bridgehead atoms. The maximum atomic E-state index is 12.4. The van der Waals surface area contributed by atoms with Gasteiger partial charge in [-0.2, -0.15) is 0 Å². The summed E-state index contributed by atoms with van der Waals surface area (Å²) in [4.78, 5) is 34.4. The van der Waals surface area contributed by atoms with Crippen LogP contribution in [-0.4, -0.2) is 60.2 Å². The summed E-state index contributed by atoms with van der Waals surface area (Å²) in [6, 6.07) is 16.9. The van der Waals surface area contributed by atoms with Gasteiger partial charge in [-0.05, 0) is 65.8 Å². The minimum Gasteiger partial charge on any atom is -0.472 e. The van der Waals surface area contributed by atoms with Crippen LogP contribution < -0.4 is 0 Å². The van der Waals surface area contributed by atoms with Gasteiger partial charge in [0.2, 0.25) is 0 Å². The first-order valence-electron chi connectivity index (χ1n) is 12.4. The molecule has 0 N–H and O–H groups in total. The van der Waals surface area contributed by atoms with Gasteiger partial charge in [0.25, 0.3) is 0 Å². The van der Waals surface area contributed by atoms with Gasteiger partial charge in [-0.1, -0.05) is 36.4 Å². The average Bonchev–Trinajstić information content (AvgIpc) is 3.36. The number of carbonyl (C=O) groups is 2. The number of hydrogen-bond acceptors (Lipinski definition) is 8. The summed E-state index contributed by atoms with van der Waals surface area (Å²) < 4.78 is 23.6. The highest BCUT2D eigenvalue weighted by Gasteiger charge is 2.51. The van der Waals surface area contributed by atoms with Crippen LogP contribution in [0.4, 0.5) is 0 Å². The molecular formula is C29H34N2O6. The van der Waals surface area contributed by atoms with Crippen molar-refractivity contribution in [3.8, 4) is 0 Å². The van der Waals surface area contributed by atoms with Gasteiger partial charge in [-0.25, -0.2) is 19.6 Å². The molecular weight excluding hydrogens is 472 g/mol. The molecule has 2 aliphatic heterocycles. The molecule has 8 nitrogen and oxygen atoms in total. The molecule has 0 aliphatic carbocycles. The van der Waals surface area contributed by atoms with E-state index in [1.165, 1.54) is 0 Å². The van der Waals surface area contributed by atoms with Crippen LogP contribution in [0.15, 0.2) is 70.6 Å². The zero-order valence-electron chi connectivity index (χ0n) is 22.2. The number of nitrogens with zero attached hydrogens (tertiary/aromatic N) is 2. The lowest BCUT2D eigenvalue weighted by Crippen LogP contribution is -2.41. The summed E-state index contributed by atoms with van der Waals surface area (Å²) in [7, 11) is 0. The van der Waals surface area contributed by atoms with E-state index in [4.69, 9.17) is 28.9 Å². The van der Waals surface area contributed by atoms with Crippen molar-refractivity contribution in [3.63, 3.8) is 0 Å². The number of carbonyl (C=O) groups excluding carboxylic acids is 2. The highest BCUT2D eigenvalue weighted by atomic mass is 16.6. The molecule has 0 saturated heterocycles. The van der Waals surface area contributed by atoms with Crippen molar-refractivity contribution in [2.75, 3.05) is 13.2 Å². The van der Waals surface area contributed by atoms with Gasteiger partial charge < -0.3 is 18.9 Å². The van der Waals surface area contributed by atoms with Crippen molar-refractivity contribution in [2.24, 2.45) is 15.4 Å². The summed E-state index contributed by atoms with van der Waals surface area (Å²) in [5.41, 5.74) is -1.20. The summed E-state index contributed by atoms with van der Waals surface area (Å²) in [5.74, 6) is 0.0967. The molecule has 0 fully saturated rings. The molecule has 0 radical (unpaired) electrons. The van der Waals surface area contributed by atoms with Crippen LogP contribution in [0, 0.1) is 5.41 Å². The zero-order valence-corrected chi connectivity index (χ0v) is 22.2. The molecule has 0 spiro atoms. The molecule has 0 unspecified atom stereocenters. The van der Waals surface area contributed by atoms with Crippen LogP contribution >= 0.6 is 0 Å². The summed E-state index contributed by atoms with van der Waals surface area (Å²) in [5, 5.41) is 0. The quantitative estimate of drug-likeness (QED) is 0.474. The Morgan fingerprint density at radius 3 is 1.43 bits per heavy atom. The van der Waals surface area contributed by atoms with Crippen molar-refractivity contribution in [2.45, 2.75) is 64.8 Å². The first-order valence-corrected chi connectivity index (χ1v) is 12.4. The Hall–Kier alpha value is -3.68. The van der Waals surface area contributed by atoms with Crippen LogP contribution in [0.25, 0.3) is 0 Å². The van der Waals surface area contributed by atoms with E-state index in [2.05, 4.69) is 0 Å². The van der Waals surface area contributed by atoms with Gasteiger partial charge >= 0.3 is 11.9 Å². The molecule has 8 heteroatoms. The highest BCUT2D eigenvalue weighted by Crippen LogP contribution is 2.38. The van der Waals surface area contributed by atoms with E-state index in [1.807, 2.05) is 53.7 Å². The smallest absolute Gasteiger partial charge is 0.338 e. The minimum atomic E-state index is -0.787. The fourth-order valence-electron chi connectivity index (χ4n) is 4.05. The van der Waals surface area contributed by atoms with E-state index in [0.29, 0.717) is 22.9 Å². The monoisotopic (exact) mass is 506 g/mol. The second-order valence-electron chi connectivity index (χ2n) is 10.9. The Morgan fingerprint density at radius 1 is 0.730 bits per heavy atom. The summed E-state index contributed by atoms with van der Waals surface area (Å²) in [6.45, 7) is 11.7. The highest BCUT2D eigenvalue weighted by molar-refractivity contribution is 6.06. The second kappa shape index (κ2) is 10.00. The lowest BCUT2D eigenvalue weighted by molar-refractivity contribution is 0.0262. The lowest BCUT2D eigenvalue weighted by Gasteiger charge is -2.30. The SMILES string of the molecule is CC(C)(C1=N[C@H](COC(=O)c2ccccc2)C(C)(C)O1)C1=N[C@H](COC(=O)c2ccccc2)C(C)(C)O1. The fourth-order valence-corrected chi connectivity index (χ4v) is 4.05. The Kier molecular flexibility index (Phi) is 7.13. The molecule has 4 rings (SSSR count). The largest absolute Gasteiger partial charge is 0.472 e. The molecule has 37 heavy (non-hydrogen) atoms. The Morgan fingerprint density at radius 2 is 1.08 bits per heavy atom. The molecule has 196 valence electrons. The van der Waals surface area contributed by atoms with Crippen LogP contribution in [0.3, 0.4) is 0 Å². The predicted molar refractivity (Wildman–Crippen MR) is 140 cm³/mol. The van der Waals surface area contributed by atoms with Gasteiger partial charge in [-0.15, -0.1) is 0 Å². The van der Waals surface area contributed by atoms with Crippen molar-refractivity contribution < 1.29 is 28.5 Å². The van der Waals surface area contributed by atoms with Crippen molar-refractivity contribution in [1.29, 1.82) is 0 Å². The van der Waals surface area contributed by atoms with E-state index in [-0.39, 0.29) is 13.2 Å². The number of esters is 2. The predicted octanol–water partition coefficient (Wildman–Crippen LogP) is 4.88. The van der Waals surface area contributed by atoms with Gasteiger partial charge in [-0.3, -0.25) is 0 Å². The maximum absolute atomic E-state index is 12.4. The third kappa shape index (κ3) is 5.68. The number of aliphatic imine (C=N–C) groups is 2. The molecule has 2 aromatic carbocycles. The lowest BCUT2D eigenvalue weighted by atomic mass is 9.93. The molecule has 2 aliphatic rings. The maximum Gasteiger partial charge on any atom is 0.338 e. The van der Waals surface area contributed by atoms with E-state index in [0.717, 1.165) is 0 Å². The second-order valence-corrected chi connectivity index (χ2v) is 10.9.